The molecular formula is C15H18N2O2S2. The molecule has 0 radical (unpaired) electrons. The normalized spacial score (nSPS) is 11.4. The highest BCUT2D eigenvalue weighted by Gasteiger charge is 2.13. The highest BCUT2D eigenvalue weighted by atomic mass is 32.2. The van der Waals surface area contributed by atoms with Crippen LogP contribution in [0, 0.1) is 6.92 Å². The lowest BCUT2D eigenvalue weighted by molar-refractivity contribution is 0.597. The number of hydrogen-bond donors (Lipinski definition) is 2. The Balaban J connectivity index is 2.16. The van der Waals surface area contributed by atoms with E-state index in [0.29, 0.717) is 12.1 Å². The molecule has 0 atom stereocenters. The summed E-state index contributed by atoms with van der Waals surface area (Å²) in [4.78, 5) is 1.37. The Morgan fingerprint density at radius 2 is 1.81 bits per heavy atom. The second-order valence-corrected chi connectivity index (χ2v) is 7.08. The fourth-order valence-corrected chi connectivity index (χ4v) is 3.27. The number of hydrogen-bond acceptors (Lipinski definition) is 4. The summed E-state index contributed by atoms with van der Waals surface area (Å²) in [6, 6.07) is 13.3. The van der Waals surface area contributed by atoms with Gasteiger partial charge in [0.1, 0.15) is 0 Å². The number of rotatable bonds is 5. The smallest absolute Gasteiger partial charge is 0.238 e. The van der Waals surface area contributed by atoms with E-state index >= 15 is 0 Å². The third-order valence-electron chi connectivity index (χ3n) is 3.23. The Morgan fingerprint density at radius 3 is 2.38 bits per heavy atom. The van der Waals surface area contributed by atoms with Gasteiger partial charge >= 0.3 is 0 Å². The van der Waals surface area contributed by atoms with Crippen molar-refractivity contribution in [1.29, 1.82) is 0 Å². The van der Waals surface area contributed by atoms with Gasteiger partial charge in [-0.1, -0.05) is 18.2 Å². The molecule has 2 rings (SSSR count). The van der Waals surface area contributed by atoms with Crippen molar-refractivity contribution in [3.05, 3.63) is 53.6 Å². The lowest BCUT2D eigenvalue weighted by Gasteiger charge is -2.12. The van der Waals surface area contributed by atoms with Gasteiger partial charge in [-0.05, 0) is 48.6 Å². The Hall–Kier alpha value is -1.50. The van der Waals surface area contributed by atoms with Crippen LogP contribution in [0.5, 0.6) is 0 Å². The second-order valence-electron chi connectivity index (χ2n) is 4.68. The fraction of sp³-hybridized carbons (Fsp3) is 0.200. The van der Waals surface area contributed by atoms with Gasteiger partial charge in [-0.3, -0.25) is 0 Å². The van der Waals surface area contributed by atoms with Crippen LogP contribution in [0.3, 0.4) is 0 Å². The van der Waals surface area contributed by atoms with Crippen molar-refractivity contribution in [3.8, 4) is 0 Å². The van der Waals surface area contributed by atoms with Crippen molar-refractivity contribution in [2.24, 2.45) is 5.14 Å². The van der Waals surface area contributed by atoms with Gasteiger partial charge in [0.15, 0.2) is 0 Å². The summed E-state index contributed by atoms with van der Waals surface area (Å²) in [6.07, 6.45) is 2.04. The molecule has 0 saturated heterocycles. The predicted molar refractivity (Wildman–Crippen MR) is 88.1 cm³/mol. The van der Waals surface area contributed by atoms with E-state index in [1.165, 1.54) is 11.0 Å². The summed E-state index contributed by atoms with van der Waals surface area (Å²) in [5, 5.41) is 8.46. The molecule has 0 aliphatic heterocycles. The van der Waals surface area contributed by atoms with Gasteiger partial charge in [0.05, 0.1) is 4.90 Å². The highest BCUT2D eigenvalue weighted by Crippen LogP contribution is 2.23. The summed E-state index contributed by atoms with van der Waals surface area (Å²) in [5.41, 5.74) is 2.55. The number of benzene rings is 2. The van der Waals surface area contributed by atoms with Gasteiger partial charge < -0.3 is 5.32 Å². The van der Waals surface area contributed by atoms with E-state index < -0.39 is 10.0 Å². The summed E-state index contributed by atoms with van der Waals surface area (Å²) in [5.74, 6) is 0. The lowest BCUT2D eigenvalue weighted by Crippen LogP contribution is -2.14. The predicted octanol–water partition coefficient (Wildman–Crippen LogP) is 2.98. The third-order valence-corrected chi connectivity index (χ3v) is 5.03. The SMILES string of the molecule is CSc1ccc(CNc2cccc(S(N)(=O)=O)c2C)cc1. The first-order chi connectivity index (χ1) is 9.91. The molecule has 0 spiro atoms. The minimum absolute atomic E-state index is 0.158. The number of nitrogens with two attached hydrogens (primary N) is 1. The van der Waals surface area contributed by atoms with Crippen LogP contribution in [0.1, 0.15) is 11.1 Å². The zero-order valence-electron chi connectivity index (χ0n) is 12.0. The molecule has 0 amide bonds. The molecule has 0 heterocycles. The van der Waals surface area contributed by atoms with Crippen LogP contribution >= 0.6 is 11.8 Å². The molecule has 0 unspecified atom stereocenters. The average molecular weight is 322 g/mol. The van der Waals surface area contributed by atoms with E-state index in [1.54, 1.807) is 24.8 Å². The van der Waals surface area contributed by atoms with Gasteiger partial charge in [-0.25, -0.2) is 13.6 Å². The molecule has 2 aromatic carbocycles. The van der Waals surface area contributed by atoms with E-state index in [0.717, 1.165) is 11.3 Å². The summed E-state index contributed by atoms with van der Waals surface area (Å²) in [7, 11) is -3.69. The van der Waals surface area contributed by atoms with Crippen LogP contribution in [-0.2, 0) is 16.6 Å². The average Bonchev–Trinajstić information content (AvgIpc) is 2.45. The maximum Gasteiger partial charge on any atom is 0.238 e. The van der Waals surface area contributed by atoms with Gasteiger partial charge in [0.25, 0.3) is 0 Å². The van der Waals surface area contributed by atoms with E-state index in [4.69, 9.17) is 5.14 Å². The number of anilines is 1. The Morgan fingerprint density at radius 1 is 1.14 bits per heavy atom. The van der Waals surface area contributed by atoms with Crippen LogP contribution in [0.4, 0.5) is 5.69 Å². The molecule has 0 aromatic heterocycles. The van der Waals surface area contributed by atoms with Crippen LogP contribution in [0.25, 0.3) is 0 Å². The van der Waals surface area contributed by atoms with Gasteiger partial charge in [-0.15, -0.1) is 11.8 Å². The van der Waals surface area contributed by atoms with Crippen LogP contribution < -0.4 is 10.5 Å². The molecule has 0 saturated carbocycles. The molecule has 2 aromatic rings. The van der Waals surface area contributed by atoms with E-state index in [2.05, 4.69) is 29.6 Å². The van der Waals surface area contributed by atoms with Crippen molar-refractivity contribution >= 4 is 27.5 Å². The third kappa shape index (κ3) is 4.00. The van der Waals surface area contributed by atoms with Crippen molar-refractivity contribution in [2.75, 3.05) is 11.6 Å². The van der Waals surface area contributed by atoms with E-state index in [-0.39, 0.29) is 4.90 Å². The molecule has 0 aliphatic rings. The molecule has 0 bridgehead atoms. The maximum absolute atomic E-state index is 11.5. The van der Waals surface area contributed by atoms with Crippen LogP contribution in [0.2, 0.25) is 0 Å². The molecule has 0 aliphatic carbocycles. The topological polar surface area (TPSA) is 72.2 Å². The first kappa shape index (κ1) is 15.9. The molecular weight excluding hydrogens is 304 g/mol. The van der Waals surface area contributed by atoms with Crippen molar-refractivity contribution < 1.29 is 8.42 Å². The molecule has 0 fully saturated rings. The lowest BCUT2D eigenvalue weighted by atomic mass is 10.2. The zero-order valence-corrected chi connectivity index (χ0v) is 13.6. The van der Waals surface area contributed by atoms with Gasteiger partial charge in [0.2, 0.25) is 10.0 Å². The van der Waals surface area contributed by atoms with Crippen LogP contribution in [0.15, 0.2) is 52.3 Å². The summed E-state index contributed by atoms with van der Waals surface area (Å²) < 4.78 is 23.0. The largest absolute Gasteiger partial charge is 0.381 e. The Kier molecular flexibility index (Phi) is 4.92. The highest BCUT2D eigenvalue weighted by molar-refractivity contribution is 7.98. The molecule has 4 nitrogen and oxygen atoms in total. The first-order valence-corrected chi connectivity index (χ1v) is 9.18. The maximum atomic E-state index is 11.5. The summed E-state index contributed by atoms with van der Waals surface area (Å²) >= 11 is 1.70. The van der Waals surface area contributed by atoms with Crippen molar-refractivity contribution in [1.82, 2.24) is 0 Å². The fourth-order valence-electron chi connectivity index (χ4n) is 2.05. The summed E-state index contributed by atoms with van der Waals surface area (Å²) in [6.45, 7) is 2.38. The van der Waals surface area contributed by atoms with Crippen LogP contribution in [-0.4, -0.2) is 14.7 Å². The minimum Gasteiger partial charge on any atom is -0.381 e. The second kappa shape index (κ2) is 6.51. The zero-order chi connectivity index (χ0) is 15.5. The monoisotopic (exact) mass is 322 g/mol. The Bertz CT molecular complexity index is 726. The minimum atomic E-state index is -3.69. The number of primary sulfonamides is 1. The first-order valence-electron chi connectivity index (χ1n) is 6.41. The molecule has 6 heteroatoms. The van der Waals surface area contributed by atoms with Gasteiger partial charge in [0, 0.05) is 17.1 Å². The molecule has 3 N–H and O–H groups in total. The van der Waals surface area contributed by atoms with E-state index in [9.17, 15) is 8.42 Å². The van der Waals surface area contributed by atoms with Crippen molar-refractivity contribution in [3.63, 3.8) is 0 Å². The quantitative estimate of drug-likeness (QED) is 0.830. The number of sulfonamides is 1. The van der Waals surface area contributed by atoms with Crippen molar-refractivity contribution in [2.45, 2.75) is 23.3 Å². The number of nitrogens with one attached hydrogen (secondary N) is 1. The number of thioether (sulfide) groups is 1. The molecule has 21 heavy (non-hydrogen) atoms. The Labute approximate surface area is 129 Å². The van der Waals surface area contributed by atoms with E-state index in [1.807, 2.05) is 12.3 Å². The standard InChI is InChI=1S/C15H18N2O2S2/c1-11-14(4-3-5-15(11)21(16,18)19)17-10-12-6-8-13(20-2)9-7-12/h3-9,17H,10H2,1-2H3,(H2,16,18,19). The molecule has 112 valence electrons. The van der Waals surface area contributed by atoms with Gasteiger partial charge in [-0.2, -0.15) is 0 Å².